The number of carbonyl (C=O) groups is 1. The molecule has 0 aromatic heterocycles. The summed E-state index contributed by atoms with van der Waals surface area (Å²) in [6, 6.07) is 13.1. The molecule has 0 fully saturated rings. The minimum absolute atomic E-state index is 0.170. The van der Waals surface area contributed by atoms with E-state index in [0.29, 0.717) is 5.56 Å². The summed E-state index contributed by atoms with van der Waals surface area (Å²) in [5, 5.41) is 1.76. The Morgan fingerprint density at radius 1 is 1.08 bits per heavy atom. The Kier molecular flexibility index (Phi) is 6.54. The summed E-state index contributed by atoms with van der Waals surface area (Å²) in [7, 11) is -3.73. The van der Waals surface area contributed by atoms with Gasteiger partial charge in [-0.2, -0.15) is 0 Å². The summed E-state index contributed by atoms with van der Waals surface area (Å²) in [6.45, 7) is 8.90. The van der Waals surface area contributed by atoms with Crippen LogP contribution in [0.5, 0.6) is 0 Å². The van der Waals surface area contributed by atoms with E-state index in [1.807, 2.05) is 36.4 Å². The van der Waals surface area contributed by atoms with E-state index in [2.05, 4.69) is 6.58 Å². The van der Waals surface area contributed by atoms with Crippen molar-refractivity contribution in [3.05, 3.63) is 60.2 Å². The van der Waals surface area contributed by atoms with Gasteiger partial charge >= 0.3 is 13.6 Å². The SMILES string of the molecule is C=C(C)C(=O)OC(c1cccc2ccccc12)P(=O)(OCC)OCC. The van der Waals surface area contributed by atoms with Gasteiger partial charge in [0.25, 0.3) is 0 Å². The molecule has 2 rings (SSSR count). The summed E-state index contributed by atoms with van der Waals surface area (Å²) < 4.78 is 29.8. The highest BCUT2D eigenvalue weighted by atomic mass is 31.2. The van der Waals surface area contributed by atoms with Gasteiger partial charge < -0.3 is 13.8 Å². The van der Waals surface area contributed by atoms with Crippen LogP contribution >= 0.6 is 7.60 Å². The van der Waals surface area contributed by atoms with Gasteiger partial charge in [-0.1, -0.05) is 49.0 Å². The minimum Gasteiger partial charge on any atom is -0.441 e. The quantitative estimate of drug-likeness (QED) is 0.366. The van der Waals surface area contributed by atoms with Gasteiger partial charge in [0.1, 0.15) is 0 Å². The number of fused-ring (bicyclic) bond motifs is 1. The van der Waals surface area contributed by atoms with Crippen molar-refractivity contribution in [3.8, 4) is 0 Å². The Labute approximate surface area is 148 Å². The molecular weight excluding hydrogens is 339 g/mol. The Morgan fingerprint density at radius 3 is 2.28 bits per heavy atom. The van der Waals surface area contributed by atoms with E-state index in [1.165, 1.54) is 6.92 Å². The molecule has 2 aromatic rings. The molecule has 1 atom stereocenters. The minimum atomic E-state index is -3.73. The lowest BCUT2D eigenvalue weighted by Gasteiger charge is -2.27. The first-order chi connectivity index (χ1) is 11.9. The van der Waals surface area contributed by atoms with Crippen molar-refractivity contribution in [2.24, 2.45) is 0 Å². The van der Waals surface area contributed by atoms with Gasteiger partial charge in [-0.25, -0.2) is 4.79 Å². The molecule has 0 N–H and O–H groups in total. The molecule has 0 spiro atoms. The molecule has 0 aliphatic heterocycles. The standard InChI is InChI=1S/C19H23O5P/c1-5-22-25(21,23-6-2)19(24-18(20)14(3)4)17-13-9-11-15-10-7-8-12-16(15)17/h7-13,19H,3,5-6H2,1-2,4H3. The maximum Gasteiger partial charge on any atom is 0.375 e. The molecule has 0 heterocycles. The molecule has 0 saturated carbocycles. The molecular formula is C19H23O5P. The third-order valence-corrected chi connectivity index (χ3v) is 5.76. The summed E-state index contributed by atoms with van der Waals surface area (Å²) in [4.78, 5) is 12.2. The van der Waals surface area contributed by atoms with Crippen LogP contribution in [0.4, 0.5) is 0 Å². The van der Waals surface area contributed by atoms with Crippen molar-refractivity contribution in [2.75, 3.05) is 13.2 Å². The Hall–Kier alpha value is -1.94. The van der Waals surface area contributed by atoms with Crippen LogP contribution in [0.3, 0.4) is 0 Å². The molecule has 0 saturated heterocycles. The first kappa shape index (κ1) is 19.4. The molecule has 0 aliphatic carbocycles. The van der Waals surface area contributed by atoms with E-state index in [4.69, 9.17) is 13.8 Å². The van der Waals surface area contributed by atoms with E-state index < -0.39 is 19.4 Å². The Morgan fingerprint density at radius 2 is 1.68 bits per heavy atom. The first-order valence-electron chi connectivity index (χ1n) is 8.16. The number of esters is 1. The number of hydrogen-bond acceptors (Lipinski definition) is 5. The number of hydrogen-bond donors (Lipinski definition) is 0. The normalized spacial score (nSPS) is 12.8. The highest BCUT2D eigenvalue weighted by Crippen LogP contribution is 2.62. The fourth-order valence-corrected chi connectivity index (χ4v) is 4.35. The van der Waals surface area contributed by atoms with Gasteiger partial charge in [-0.05, 0) is 31.5 Å². The average molecular weight is 362 g/mol. The largest absolute Gasteiger partial charge is 0.441 e. The highest BCUT2D eigenvalue weighted by Gasteiger charge is 2.41. The van der Waals surface area contributed by atoms with Gasteiger partial charge in [0, 0.05) is 11.1 Å². The third-order valence-electron chi connectivity index (χ3n) is 3.56. The third kappa shape index (κ3) is 4.37. The van der Waals surface area contributed by atoms with E-state index in [0.717, 1.165) is 10.8 Å². The van der Waals surface area contributed by atoms with Gasteiger partial charge in [0.05, 0.1) is 13.2 Å². The van der Waals surface area contributed by atoms with Gasteiger partial charge in [-0.15, -0.1) is 0 Å². The predicted molar refractivity (Wildman–Crippen MR) is 98.5 cm³/mol. The molecule has 6 heteroatoms. The average Bonchev–Trinajstić information content (AvgIpc) is 2.59. The van der Waals surface area contributed by atoms with Gasteiger partial charge in [-0.3, -0.25) is 4.57 Å². The fraction of sp³-hybridized carbons (Fsp3) is 0.316. The van der Waals surface area contributed by atoms with Crippen LogP contribution in [0, 0.1) is 0 Å². The molecule has 0 amide bonds. The second-order valence-electron chi connectivity index (χ2n) is 5.48. The number of ether oxygens (including phenoxy) is 1. The van der Waals surface area contributed by atoms with Crippen molar-refractivity contribution in [1.29, 1.82) is 0 Å². The predicted octanol–water partition coefficient (Wildman–Crippen LogP) is 5.22. The summed E-state index contributed by atoms with van der Waals surface area (Å²) in [5.41, 5.74) is 0.794. The van der Waals surface area contributed by atoms with Crippen LogP contribution in [-0.2, 0) is 23.1 Å². The van der Waals surface area contributed by atoms with Crippen molar-refractivity contribution >= 4 is 24.3 Å². The highest BCUT2D eigenvalue weighted by molar-refractivity contribution is 7.54. The Balaban J connectivity index is 2.62. The van der Waals surface area contributed by atoms with E-state index >= 15 is 0 Å². The van der Waals surface area contributed by atoms with E-state index in [9.17, 15) is 9.36 Å². The van der Waals surface area contributed by atoms with Crippen LogP contribution in [0.15, 0.2) is 54.6 Å². The molecule has 2 aromatic carbocycles. The molecule has 25 heavy (non-hydrogen) atoms. The van der Waals surface area contributed by atoms with Crippen LogP contribution in [0.1, 0.15) is 32.2 Å². The zero-order chi connectivity index (χ0) is 18.4. The van der Waals surface area contributed by atoms with Crippen molar-refractivity contribution in [3.63, 3.8) is 0 Å². The van der Waals surface area contributed by atoms with Gasteiger partial charge in [0.2, 0.25) is 5.85 Å². The zero-order valence-electron chi connectivity index (χ0n) is 14.7. The molecule has 0 radical (unpaired) electrons. The first-order valence-corrected chi connectivity index (χ1v) is 9.77. The van der Waals surface area contributed by atoms with Crippen molar-refractivity contribution < 1.29 is 23.1 Å². The fourth-order valence-electron chi connectivity index (χ4n) is 2.50. The van der Waals surface area contributed by atoms with E-state index in [-0.39, 0.29) is 18.8 Å². The smallest absolute Gasteiger partial charge is 0.375 e. The van der Waals surface area contributed by atoms with Crippen molar-refractivity contribution in [2.45, 2.75) is 26.6 Å². The lowest BCUT2D eigenvalue weighted by molar-refractivity contribution is -0.141. The number of rotatable bonds is 8. The number of carbonyl (C=O) groups excluding carboxylic acids is 1. The number of benzene rings is 2. The zero-order valence-corrected chi connectivity index (χ0v) is 15.6. The molecule has 5 nitrogen and oxygen atoms in total. The summed E-state index contributed by atoms with van der Waals surface area (Å²) in [5.74, 6) is -1.81. The van der Waals surface area contributed by atoms with Crippen LogP contribution in [0.25, 0.3) is 10.8 Å². The summed E-state index contributed by atoms with van der Waals surface area (Å²) in [6.07, 6.45) is 0. The molecule has 1 unspecified atom stereocenters. The van der Waals surface area contributed by atoms with Crippen LogP contribution in [0.2, 0.25) is 0 Å². The Bertz CT molecular complexity index is 799. The molecule has 0 aliphatic rings. The van der Waals surface area contributed by atoms with Gasteiger partial charge in [0.15, 0.2) is 0 Å². The lowest BCUT2D eigenvalue weighted by atomic mass is 10.1. The second kappa shape index (κ2) is 8.43. The second-order valence-corrected chi connectivity index (χ2v) is 7.55. The lowest BCUT2D eigenvalue weighted by Crippen LogP contribution is -2.15. The van der Waals surface area contributed by atoms with E-state index in [1.54, 1.807) is 19.9 Å². The van der Waals surface area contributed by atoms with Crippen LogP contribution in [-0.4, -0.2) is 19.2 Å². The van der Waals surface area contributed by atoms with Crippen LogP contribution < -0.4 is 0 Å². The molecule has 0 bridgehead atoms. The summed E-state index contributed by atoms with van der Waals surface area (Å²) >= 11 is 0. The monoisotopic (exact) mass is 362 g/mol. The molecule has 134 valence electrons. The van der Waals surface area contributed by atoms with Crippen molar-refractivity contribution in [1.82, 2.24) is 0 Å². The topological polar surface area (TPSA) is 61.8 Å². The maximum atomic E-state index is 13.4. The maximum absolute atomic E-state index is 13.4.